The quantitative estimate of drug-likeness (QED) is 0.844. The van der Waals surface area contributed by atoms with Crippen LogP contribution < -0.4 is 5.73 Å². The monoisotopic (exact) mass is 255 g/mol. The van der Waals surface area contributed by atoms with E-state index >= 15 is 0 Å². The van der Waals surface area contributed by atoms with Gasteiger partial charge in [0.25, 0.3) is 0 Å². The van der Waals surface area contributed by atoms with Crippen molar-refractivity contribution in [2.24, 2.45) is 23.5 Å². The van der Waals surface area contributed by atoms with Gasteiger partial charge < -0.3 is 5.73 Å². The Morgan fingerprint density at radius 3 is 2.50 bits per heavy atom. The molecule has 3 unspecified atom stereocenters. The maximum Gasteiger partial charge on any atom is 0.0960 e. The van der Waals surface area contributed by atoms with E-state index in [0.717, 1.165) is 22.1 Å². The third-order valence-electron chi connectivity index (χ3n) is 4.34. The van der Waals surface area contributed by atoms with E-state index in [2.05, 4.69) is 13.0 Å². The topological polar surface area (TPSA) is 26.0 Å². The van der Waals surface area contributed by atoms with Crippen LogP contribution in [0.4, 0.5) is 0 Å². The lowest BCUT2D eigenvalue weighted by Crippen LogP contribution is -2.12. The van der Waals surface area contributed by atoms with E-state index in [4.69, 9.17) is 17.3 Å². The lowest BCUT2D eigenvalue weighted by Gasteiger charge is -2.08. The molecule has 0 aromatic carbocycles. The summed E-state index contributed by atoms with van der Waals surface area (Å²) in [5.41, 5.74) is 7.58. The minimum atomic E-state index is 0.240. The molecule has 88 valence electrons. The molecule has 2 saturated carbocycles. The van der Waals surface area contributed by atoms with Gasteiger partial charge >= 0.3 is 0 Å². The highest BCUT2D eigenvalue weighted by atomic mass is 35.5. The molecule has 1 nitrogen and oxygen atoms in total. The summed E-state index contributed by atoms with van der Waals surface area (Å²) in [6.07, 6.45) is 5.63. The van der Waals surface area contributed by atoms with Crippen molar-refractivity contribution in [3.05, 3.63) is 20.8 Å². The molecule has 1 aromatic rings. The highest BCUT2D eigenvalue weighted by Crippen LogP contribution is 2.60. The van der Waals surface area contributed by atoms with Gasteiger partial charge in [-0.25, -0.2) is 0 Å². The van der Waals surface area contributed by atoms with Gasteiger partial charge in [-0.05, 0) is 49.1 Å². The SMILES string of the molecule is Cc1cc(C(N)C2C3CCCCC32)sc1Cl. The number of nitrogens with two attached hydrogens (primary N) is 1. The summed E-state index contributed by atoms with van der Waals surface area (Å²) in [7, 11) is 0. The van der Waals surface area contributed by atoms with Crippen LogP contribution in [0.15, 0.2) is 6.07 Å². The van der Waals surface area contributed by atoms with Gasteiger partial charge in [0.2, 0.25) is 0 Å². The Bertz CT molecular complexity index is 369. The predicted molar refractivity (Wildman–Crippen MR) is 69.9 cm³/mol. The zero-order valence-electron chi connectivity index (χ0n) is 9.58. The smallest absolute Gasteiger partial charge is 0.0960 e. The number of hydrogen-bond acceptors (Lipinski definition) is 2. The average Bonchev–Trinajstić information content (AvgIpc) is 2.91. The first-order chi connectivity index (χ1) is 7.68. The molecule has 3 atom stereocenters. The Morgan fingerprint density at radius 2 is 2.00 bits per heavy atom. The van der Waals surface area contributed by atoms with Crippen LogP contribution in [-0.2, 0) is 0 Å². The maximum absolute atomic E-state index is 6.39. The molecule has 0 spiro atoms. The molecule has 2 fully saturated rings. The van der Waals surface area contributed by atoms with Crippen LogP contribution in [0.1, 0.15) is 42.2 Å². The molecule has 3 heteroatoms. The van der Waals surface area contributed by atoms with Crippen molar-refractivity contribution in [2.45, 2.75) is 38.6 Å². The lowest BCUT2D eigenvalue weighted by molar-refractivity contribution is 0.480. The van der Waals surface area contributed by atoms with Gasteiger partial charge in [-0.1, -0.05) is 24.4 Å². The fraction of sp³-hybridized carbons (Fsp3) is 0.692. The van der Waals surface area contributed by atoms with E-state index in [-0.39, 0.29) is 6.04 Å². The van der Waals surface area contributed by atoms with Gasteiger partial charge in [0.1, 0.15) is 0 Å². The number of hydrogen-bond donors (Lipinski definition) is 1. The third kappa shape index (κ3) is 1.71. The van der Waals surface area contributed by atoms with E-state index in [0.29, 0.717) is 0 Å². The number of thiophene rings is 1. The average molecular weight is 256 g/mol. The molecule has 0 amide bonds. The van der Waals surface area contributed by atoms with Crippen LogP contribution >= 0.6 is 22.9 Å². The number of rotatable bonds is 2. The summed E-state index contributed by atoms with van der Waals surface area (Å²) in [6, 6.07) is 2.42. The molecule has 0 bridgehead atoms. The Hall–Kier alpha value is -0.0500. The first-order valence-electron chi connectivity index (χ1n) is 6.20. The van der Waals surface area contributed by atoms with Crippen molar-refractivity contribution >= 4 is 22.9 Å². The number of fused-ring (bicyclic) bond motifs is 1. The lowest BCUT2D eigenvalue weighted by atomic mass is 10.0. The fourth-order valence-corrected chi connectivity index (χ4v) is 4.70. The second kappa shape index (κ2) is 4.01. The zero-order valence-corrected chi connectivity index (χ0v) is 11.2. The number of halogens is 1. The summed E-state index contributed by atoms with van der Waals surface area (Å²) in [5.74, 6) is 2.59. The van der Waals surface area contributed by atoms with E-state index in [1.54, 1.807) is 11.3 Å². The van der Waals surface area contributed by atoms with Crippen molar-refractivity contribution in [3.63, 3.8) is 0 Å². The molecule has 2 N–H and O–H groups in total. The maximum atomic E-state index is 6.39. The van der Waals surface area contributed by atoms with Crippen molar-refractivity contribution in [1.82, 2.24) is 0 Å². The van der Waals surface area contributed by atoms with E-state index < -0.39 is 0 Å². The van der Waals surface area contributed by atoms with Crippen LogP contribution in [-0.4, -0.2) is 0 Å². The molecular weight excluding hydrogens is 238 g/mol. The van der Waals surface area contributed by atoms with Gasteiger partial charge in [0.15, 0.2) is 0 Å². The van der Waals surface area contributed by atoms with Crippen molar-refractivity contribution in [1.29, 1.82) is 0 Å². The van der Waals surface area contributed by atoms with Gasteiger partial charge in [0, 0.05) is 10.9 Å². The van der Waals surface area contributed by atoms with Crippen LogP contribution in [0.3, 0.4) is 0 Å². The van der Waals surface area contributed by atoms with Crippen LogP contribution in [0, 0.1) is 24.7 Å². The van der Waals surface area contributed by atoms with E-state index in [1.807, 2.05) is 0 Å². The summed E-state index contributed by atoms with van der Waals surface area (Å²) < 4.78 is 0.911. The normalized spacial score (nSPS) is 34.6. The van der Waals surface area contributed by atoms with E-state index in [1.165, 1.54) is 36.1 Å². The Balaban J connectivity index is 1.76. The second-order valence-electron chi connectivity index (χ2n) is 5.32. The Kier molecular flexibility index (Phi) is 2.77. The highest BCUT2D eigenvalue weighted by molar-refractivity contribution is 7.16. The summed E-state index contributed by atoms with van der Waals surface area (Å²) in [6.45, 7) is 2.06. The Labute approximate surface area is 106 Å². The van der Waals surface area contributed by atoms with Crippen molar-refractivity contribution < 1.29 is 0 Å². The second-order valence-corrected chi connectivity index (χ2v) is 7.01. The summed E-state index contributed by atoms with van der Waals surface area (Å²) in [5, 5.41) is 0. The molecular formula is C13H18ClNS. The Morgan fingerprint density at radius 1 is 1.38 bits per heavy atom. The first kappa shape index (κ1) is 11.1. The van der Waals surface area contributed by atoms with Crippen LogP contribution in [0.2, 0.25) is 4.34 Å². The van der Waals surface area contributed by atoms with Crippen LogP contribution in [0.25, 0.3) is 0 Å². The highest BCUT2D eigenvalue weighted by Gasteiger charge is 2.53. The summed E-state index contributed by atoms with van der Waals surface area (Å²) in [4.78, 5) is 1.29. The third-order valence-corrected chi connectivity index (χ3v) is 6.00. The predicted octanol–water partition coefficient (Wildman–Crippen LogP) is 4.15. The van der Waals surface area contributed by atoms with Gasteiger partial charge in [-0.3, -0.25) is 0 Å². The van der Waals surface area contributed by atoms with Gasteiger partial charge in [0.05, 0.1) is 4.34 Å². The molecule has 0 radical (unpaired) electrons. The minimum Gasteiger partial charge on any atom is -0.323 e. The number of aryl methyl sites for hydroxylation is 1. The standard InChI is InChI=1S/C13H18ClNS/c1-7-6-10(16-13(7)14)12(15)11-8-4-2-3-5-9(8)11/h6,8-9,11-12H,2-5,15H2,1H3. The van der Waals surface area contributed by atoms with Gasteiger partial charge in [-0.15, -0.1) is 11.3 Å². The first-order valence-corrected chi connectivity index (χ1v) is 7.39. The zero-order chi connectivity index (χ0) is 11.3. The molecule has 3 rings (SSSR count). The molecule has 16 heavy (non-hydrogen) atoms. The largest absolute Gasteiger partial charge is 0.323 e. The molecule has 2 aliphatic rings. The van der Waals surface area contributed by atoms with Crippen LogP contribution in [0.5, 0.6) is 0 Å². The summed E-state index contributed by atoms with van der Waals surface area (Å²) >= 11 is 7.79. The molecule has 2 aliphatic carbocycles. The molecule has 0 aliphatic heterocycles. The van der Waals surface area contributed by atoms with E-state index in [9.17, 15) is 0 Å². The van der Waals surface area contributed by atoms with Gasteiger partial charge in [-0.2, -0.15) is 0 Å². The molecule has 1 heterocycles. The molecule has 0 saturated heterocycles. The van der Waals surface area contributed by atoms with Crippen molar-refractivity contribution in [2.75, 3.05) is 0 Å². The molecule has 1 aromatic heterocycles. The van der Waals surface area contributed by atoms with Crippen molar-refractivity contribution in [3.8, 4) is 0 Å². The fourth-order valence-electron chi connectivity index (χ4n) is 3.42. The minimum absolute atomic E-state index is 0.240.